The molecule has 2 rings (SSSR count). The normalized spacial score (nSPS) is 16.3. The van der Waals surface area contributed by atoms with Gasteiger partial charge in [0.05, 0.1) is 0 Å². The Kier molecular flexibility index (Phi) is 5.67. The van der Waals surface area contributed by atoms with E-state index in [2.05, 4.69) is 5.32 Å². The summed E-state index contributed by atoms with van der Waals surface area (Å²) in [6.45, 7) is 3.97. The minimum absolute atomic E-state index is 0.348. The summed E-state index contributed by atoms with van der Waals surface area (Å²) in [6, 6.07) is 7.88. The van der Waals surface area contributed by atoms with Gasteiger partial charge in [-0.1, -0.05) is 31.0 Å². The lowest BCUT2D eigenvalue weighted by atomic mass is 10.2. The van der Waals surface area contributed by atoms with Gasteiger partial charge in [-0.25, -0.2) is 0 Å². The Balaban J connectivity index is 1.53. The van der Waals surface area contributed by atoms with E-state index in [1.54, 1.807) is 0 Å². The molecular weight excluding hydrogens is 238 g/mol. The number of aryl methyl sites for hydroxylation is 1. The summed E-state index contributed by atoms with van der Waals surface area (Å²) >= 11 is 0. The molecule has 0 radical (unpaired) electrons. The van der Waals surface area contributed by atoms with Crippen molar-refractivity contribution in [2.24, 2.45) is 5.92 Å². The predicted molar refractivity (Wildman–Crippen MR) is 77.5 cm³/mol. The average molecular weight is 263 g/mol. The summed E-state index contributed by atoms with van der Waals surface area (Å²) in [5, 5.41) is 13.1. The molecule has 19 heavy (non-hydrogen) atoms. The first-order valence-corrected chi connectivity index (χ1v) is 7.33. The third-order valence-electron chi connectivity index (χ3n) is 3.57. The highest BCUT2D eigenvalue weighted by Crippen LogP contribution is 2.33. The lowest BCUT2D eigenvalue weighted by Crippen LogP contribution is -2.32. The maximum atomic E-state index is 9.83. The van der Waals surface area contributed by atoms with Crippen LogP contribution in [0.2, 0.25) is 0 Å². The third-order valence-corrected chi connectivity index (χ3v) is 3.57. The van der Waals surface area contributed by atoms with Crippen molar-refractivity contribution in [1.82, 2.24) is 5.32 Å². The number of benzene rings is 1. The van der Waals surface area contributed by atoms with E-state index in [0.29, 0.717) is 13.2 Å². The van der Waals surface area contributed by atoms with Crippen LogP contribution in [0.15, 0.2) is 24.3 Å². The Bertz CT molecular complexity index is 377. The Morgan fingerprint density at radius 3 is 2.89 bits per heavy atom. The van der Waals surface area contributed by atoms with Gasteiger partial charge in [-0.15, -0.1) is 0 Å². The number of aliphatic hydroxyl groups excluding tert-OH is 1. The molecule has 106 valence electrons. The molecule has 0 saturated heterocycles. The van der Waals surface area contributed by atoms with Gasteiger partial charge in [-0.3, -0.25) is 0 Å². The molecule has 1 atom stereocenters. The highest BCUT2D eigenvalue weighted by molar-refractivity contribution is 5.31. The number of hydrogen-bond donors (Lipinski definition) is 2. The minimum atomic E-state index is -0.444. The summed E-state index contributed by atoms with van der Waals surface area (Å²) in [5.41, 5.74) is 1.10. The minimum Gasteiger partial charge on any atom is -0.491 e. The fourth-order valence-electron chi connectivity index (χ4n) is 2.15. The van der Waals surface area contributed by atoms with Crippen molar-refractivity contribution >= 4 is 0 Å². The van der Waals surface area contributed by atoms with Gasteiger partial charge in [0.15, 0.2) is 0 Å². The molecule has 2 N–H and O–H groups in total. The van der Waals surface area contributed by atoms with Crippen LogP contribution >= 0.6 is 0 Å². The maximum absolute atomic E-state index is 9.83. The summed E-state index contributed by atoms with van der Waals surface area (Å²) in [5.74, 6) is 1.85. The van der Waals surface area contributed by atoms with Crippen molar-refractivity contribution in [3.05, 3.63) is 29.8 Å². The molecule has 0 aliphatic heterocycles. The van der Waals surface area contributed by atoms with Crippen LogP contribution in [-0.4, -0.2) is 30.9 Å². The first-order chi connectivity index (χ1) is 9.25. The van der Waals surface area contributed by atoms with Crippen LogP contribution < -0.4 is 10.1 Å². The maximum Gasteiger partial charge on any atom is 0.122 e. The van der Waals surface area contributed by atoms with Crippen LogP contribution in [0.3, 0.4) is 0 Å². The van der Waals surface area contributed by atoms with Crippen molar-refractivity contribution in [2.45, 2.75) is 38.7 Å². The summed E-state index contributed by atoms with van der Waals surface area (Å²) in [6.07, 6.45) is 4.96. The summed E-state index contributed by atoms with van der Waals surface area (Å²) in [4.78, 5) is 0. The van der Waals surface area contributed by atoms with E-state index in [4.69, 9.17) is 4.74 Å². The van der Waals surface area contributed by atoms with E-state index in [1.165, 1.54) is 25.7 Å². The number of para-hydroxylation sites is 1. The fourth-order valence-corrected chi connectivity index (χ4v) is 2.15. The van der Waals surface area contributed by atoms with Gasteiger partial charge in [0.1, 0.15) is 18.5 Å². The number of hydrogen-bond acceptors (Lipinski definition) is 3. The molecule has 1 aliphatic rings. The smallest absolute Gasteiger partial charge is 0.122 e. The van der Waals surface area contributed by atoms with E-state index < -0.39 is 6.10 Å². The van der Waals surface area contributed by atoms with Gasteiger partial charge in [0.2, 0.25) is 0 Å². The number of ether oxygens (including phenoxy) is 1. The fraction of sp³-hybridized carbons (Fsp3) is 0.625. The second-order valence-corrected chi connectivity index (χ2v) is 5.52. The van der Waals surface area contributed by atoms with Crippen molar-refractivity contribution in [1.29, 1.82) is 0 Å². The van der Waals surface area contributed by atoms with E-state index in [0.717, 1.165) is 23.8 Å². The zero-order valence-corrected chi connectivity index (χ0v) is 11.8. The highest BCUT2D eigenvalue weighted by Gasteiger charge is 2.19. The monoisotopic (exact) mass is 263 g/mol. The Labute approximate surface area is 116 Å². The van der Waals surface area contributed by atoms with Gasteiger partial charge in [-0.05, 0) is 43.9 Å². The van der Waals surface area contributed by atoms with Crippen LogP contribution in [0.1, 0.15) is 31.2 Å². The second kappa shape index (κ2) is 7.51. The lowest BCUT2D eigenvalue weighted by Gasteiger charge is -2.14. The molecule has 1 saturated carbocycles. The Morgan fingerprint density at radius 2 is 2.16 bits per heavy atom. The van der Waals surface area contributed by atoms with Crippen molar-refractivity contribution in [3.8, 4) is 5.75 Å². The van der Waals surface area contributed by atoms with Gasteiger partial charge < -0.3 is 15.2 Å². The van der Waals surface area contributed by atoms with E-state index in [9.17, 15) is 5.11 Å². The molecule has 0 bridgehead atoms. The standard InChI is InChI=1S/C16H25NO2/c1-13-5-2-3-7-16(13)19-12-15(18)11-17-10-4-6-14-8-9-14/h2-3,5,7,14-15,17-18H,4,6,8-12H2,1H3. The van der Waals surface area contributed by atoms with Gasteiger partial charge in [-0.2, -0.15) is 0 Å². The molecule has 1 aromatic carbocycles. The summed E-state index contributed by atoms with van der Waals surface area (Å²) < 4.78 is 5.61. The van der Waals surface area contributed by atoms with Crippen LogP contribution in [0.4, 0.5) is 0 Å². The Morgan fingerprint density at radius 1 is 1.37 bits per heavy atom. The molecule has 1 unspecified atom stereocenters. The molecule has 3 heteroatoms. The lowest BCUT2D eigenvalue weighted by molar-refractivity contribution is 0.106. The average Bonchev–Trinajstić information content (AvgIpc) is 3.21. The predicted octanol–water partition coefficient (Wildman–Crippen LogP) is 2.51. The van der Waals surface area contributed by atoms with E-state index >= 15 is 0 Å². The van der Waals surface area contributed by atoms with Crippen molar-refractivity contribution in [2.75, 3.05) is 19.7 Å². The largest absolute Gasteiger partial charge is 0.491 e. The van der Waals surface area contributed by atoms with Gasteiger partial charge in [0.25, 0.3) is 0 Å². The van der Waals surface area contributed by atoms with Crippen LogP contribution in [-0.2, 0) is 0 Å². The van der Waals surface area contributed by atoms with Gasteiger partial charge in [0, 0.05) is 6.54 Å². The molecule has 1 aliphatic carbocycles. The molecule has 0 spiro atoms. The zero-order chi connectivity index (χ0) is 13.5. The van der Waals surface area contributed by atoms with Crippen LogP contribution in [0, 0.1) is 12.8 Å². The Hall–Kier alpha value is -1.06. The quantitative estimate of drug-likeness (QED) is 0.673. The molecule has 0 amide bonds. The van der Waals surface area contributed by atoms with Crippen LogP contribution in [0.5, 0.6) is 5.75 Å². The summed E-state index contributed by atoms with van der Waals surface area (Å²) in [7, 11) is 0. The molecular formula is C16H25NO2. The number of nitrogens with one attached hydrogen (secondary N) is 1. The molecule has 0 heterocycles. The first-order valence-electron chi connectivity index (χ1n) is 7.33. The van der Waals surface area contributed by atoms with Crippen molar-refractivity contribution in [3.63, 3.8) is 0 Å². The molecule has 1 aromatic rings. The second-order valence-electron chi connectivity index (χ2n) is 5.52. The topological polar surface area (TPSA) is 41.5 Å². The van der Waals surface area contributed by atoms with E-state index in [1.807, 2.05) is 31.2 Å². The number of rotatable bonds is 9. The SMILES string of the molecule is Cc1ccccc1OCC(O)CNCCCC1CC1. The molecule has 1 fully saturated rings. The molecule has 3 nitrogen and oxygen atoms in total. The van der Waals surface area contributed by atoms with Crippen molar-refractivity contribution < 1.29 is 9.84 Å². The molecule has 0 aromatic heterocycles. The van der Waals surface area contributed by atoms with E-state index in [-0.39, 0.29) is 0 Å². The highest BCUT2D eigenvalue weighted by atomic mass is 16.5. The third kappa shape index (κ3) is 5.62. The zero-order valence-electron chi connectivity index (χ0n) is 11.8. The van der Waals surface area contributed by atoms with Crippen LogP contribution in [0.25, 0.3) is 0 Å². The first kappa shape index (κ1) is 14.4. The van der Waals surface area contributed by atoms with Gasteiger partial charge >= 0.3 is 0 Å². The number of aliphatic hydroxyl groups is 1.